The first-order valence-corrected chi connectivity index (χ1v) is 3.83. The second-order valence-electron chi connectivity index (χ2n) is 2.76. The van der Waals surface area contributed by atoms with Crippen LogP contribution in [0.2, 0.25) is 0 Å². The van der Waals surface area contributed by atoms with Gasteiger partial charge in [-0.15, -0.1) is 0 Å². The number of hydrogen-bond donors (Lipinski definition) is 2. The third-order valence-corrected chi connectivity index (χ3v) is 1.84. The number of nitrogens with zero attached hydrogens (tertiary/aromatic N) is 2. The van der Waals surface area contributed by atoms with Gasteiger partial charge in [-0.1, -0.05) is 0 Å². The number of aromatic nitrogens is 2. The van der Waals surface area contributed by atoms with Crippen molar-refractivity contribution in [3.63, 3.8) is 0 Å². The normalized spacial score (nSPS) is 9.93. The number of aromatic carboxylic acids is 1. The van der Waals surface area contributed by atoms with Crippen molar-refractivity contribution in [3.8, 4) is 6.07 Å². The van der Waals surface area contributed by atoms with E-state index in [2.05, 4.69) is 9.97 Å². The Labute approximate surface area is 78.6 Å². The molecule has 0 saturated heterocycles. The van der Waals surface area contributed by atoms with E-state index in [-0.39, 0.29) is 5.56 Å². The van der Waals surface area contributed by atoms with Gasteiger partial charge in [0.1, 0.15) is 17.4 Å². The van der Waals surface area contributed by atoms with E-state index in [1.807, 2.05) is 6.07 Å². The second-order valence-corrected chi connectivity index (χ2v) is 2.76. The summed E-state index contributed by atoms with van der Waals surface area (Å²) in [5, 5.41) is 17.9. The van der Waals surface area contributed by atoms with E-state index in [4.69, 9.17) is 10.4 Å². The van der Waals surface area contributed by atoms with Crippen molar-refractivity contribution in [2.75, 3.05) is 0 Å². The topological polar surface area (TPSA) is 89.8 Å². The fraction of sp³-hybridized carbons (Fsp3) is 0. The first-order valence-electron chi connectivity index (χ1n) is 3.83. The predicted molar refractivity (Wildman–Crippen MR) is 47.8 cm³/mol. The Kier molecular flexibility index (Phi) is 1.68. The van der Waals surface area contributed by atoms with Crippen molar-refractivity contribution in [2.45, 2.75) is 0 Å². The van der Waals surface area contributed by atoms with Crippen LogP contribution in [0.4, 0.5) is 0 Å². The predicted octanol–water partition coefficient (Wildman–Crippen LogP) is 1.13. The summed E-state index contributed by atoms with van der Waals surface area (Å²) in [4.78, 5) is 17.2. The summed E-state index contributed by atoms with van der Waals surface area (Å²) in [5.74, 6) is -1.03. The summed E-state index contributed by atoms with van der Waals surface area (Å²) in [6, 6.07) is 4.96. The highest BCUT2D eigenvalue weighted by Crippen LogP contribution is 2.14. The Morgan fingerprint density at radius 2 is 2.36 bits per heavy atom. The van der Waals surface area contributed by atoms with Gasteiger partial charge in [-0.05, 0) is 12.1 Å². The molecule has 0 atom stereocenters. The molecule has 2 aromatic rings. The molecule has 0 aliphatic heterocycles. The Bertz CT molecular complexity index is 551. The summed E-state index contributed by atoms with van der Waals surface area (Å²) in [5.41, 5.74) is 1.00. The van der Waals surface area contributed by atoms with E-state index in [1.165, 1.54) is 12.3 Å². The molecule has 0 aliphatic rings. The van der Waals surface area contributed by atoms with Crippen LogP contribution in [-0.2, 0) is 0 Å². The van der Waals surface area contributed by atoms with Gasteiger partial charge in [-0.3, -0.25) is 0 Å². The highest BCUT2D eigenvalue weighted by molar-refractivity contribution is 5.92. The number of carboxylic acid groups (broad SMARTS) is 1. The Morgan fingerprint density at radius 3 is 3.00 bits per heavy atom. The number of nitrogens with one attached hydrogen (secondary N) is 1. The second kappa shape index (κ2) is 2.85. The molecule has 0 spiro atoms. The largest absolute Gasteiger partial charge is 0.478 e. The quantitative estimate of drug-likeness (QED) is 0.700. The van der Waals surface area contributed by atoms with Crippen LogP contribution >= 0.6 is 0 Å². The van der Waals surface area contributed by atoms with Crippen molar-refractivity contribution < 1.29 is 9.90 Å². The van der Waals surface area contributed by atoms with E-state index in [0.717, 1.165) is 0 Å². The van der Waals surface area contributed by atoms with Crippen LogP contribution < -0.4 is 0 Å². The number of rotatable bonds is 1. The van der Waals surface area contributed by atoms with Gasteiger partial charge in [-0.2, -0.15) is 5.26 Å². The Morgan fingerprint density at radius 1 is 1.57 bits per heavy atom. The van der Waals surface area contributed by atoms with Gasteiger partial charge in [0.25, 0.3) is 0 Å². The SMILES string of the molecule is N#Cc1cc2cc(C(=O)O)cnc2[nH]1. The lowest BCUT2D eigenvalue weighted by molar-refractivity contribution is 0.0696. The number of hydrogen-bond acceptors (Lipinski definition) is 3. The fourth-order valence-electron chi connectivity index (χ4n) is 1.19. The molecule has 2 N–H and O–H groups in total. The summed E-state index contributed by atoms with van der Waals surface area (Å²) >= 11 is 0. The molecule has 0 bridgehead atoms. The van der Waals surface area contributed by atoms with Gasteiger partial charge in [-0.25, -0.2) is 9.78 Å². The number of aromatic amines is 1. The molecule has 2 rings (SSSR count). The van der Waals surface area contributed by atoms with Gasteiger partial charge >= 0.3 is 5.97 Å². The maximum atomic E-state index is 10.6. The molecular formula is C9H5N3O2. The first kappa shape index (κ1) is 8.26. The molecule has 0 amide bonds. The van der Waals surface area contributed by atoms with Crippen LogP contribution in [0.25, 0.3) is 11.0 Å². The zero-order valence-electron chi connectivity index (χ0n) is 6.98. The molecule has 2 aromatic heterocycles. The lowest BCUT2D eigenvalue weighted by Crippen LogP contribution is -1.96. The highest BCUT2D eigenvalue weighted by atomic mass is 16.4. The number of pyridine rings is 1. The summed E-state index contributed by atoms with van der Waals surface area (Å²) in [6.07, 6.45) is 1.25. The standard InChI is InChI=1S/C9H5N3O2/c10-3-7-2-5-1-6(9(13)14)4-11-8(5)12-7/h1-2,4H,(H,11,12)(H,13,14). The minimum atomic E-state index is -1.03. The molecule has 5 nitrogen and oxygen atoms in total. The lowest BCUT2D eigenvalue weighted by atomic mass is 10.2. The van der Waals surface area contributed by atoms with Crippen molar-refractivity contribution >= 4 is 17.0 Å². The smallest absolute Gasteiger partial charge is 0.337 e. The number of carboxylic acids is 1. The van der Waals surface area contributed by atoms with E-state index in [0.29, 0.717) is 16.7 Å². The maximum absolute atomic E-state index is 10.6. The van der Waals surface area contributed by atoms with Gasteiger partial charge in [0, 0.05) is 11.6 Å². The van der Waals surface area contributed by atoms with Crippen molar-refractivity contribution in [3.05, 3.63) is 29.6 Å². The van der Waals surface area contributed by atoms with Gasteiger partial charge < -0.3 is 10.1 Å². The van der Waals surface area contributed by atoms with Crippen LogP contribution in [0.15, 0.2) is 18.3 Å². The molecule has 0 saturated carbocycles. The number of fused-ring (bicyclic) bond motifs is 1. The highest BCUT2D eigenvalue weighted by Gasteiger charge is 2.06. The minimum Gasteiger partial charge on any atom is -0.478 e. The molecule has 5 heteroatoms. The fourth-order valence-corrected chi connectivity index (χ4v) is 1.19. The maximum Gasteiger partial charge on any atom is 0.337 e. The lowest BCUT2D eigenvalue weighted by Gasteiger charge is -1.92. The van der Waals surface area contributed by atoms with Gasteiger partial charge in [0.05, 0.1) is 5.56 Å². The molecule has 0 aromatic carbocycles. The van der Waals surface area contributed by atoms with Crippen LogP contribution in [0, 0.1) is 11.3 Å². The van der Waals surface area contributed by atoms with Gasteiger partial charge in [0.2, 0.25) is 0 Å². The van der Waals surface area contributed by atoms with Crippen LogP contribution in [-0.4, -0.2) is 21.0 Å². The summed E-state index contributed by atoms with van der Waals surface area (Å²) < 4.78 is 0. The van der Waals surface area contributed by atoms with Crippen LogP contribution in [0.5, 0.6) is 0 Å². The number of nitriles is 1. The van der Waals surface area contributed by atoms with Crippen LogP contribution in [0.3, 0.4) is 0 Å². The van der Waals surface area contributed by atoms with E-state index >= 15 is 0 Å². The molecule has 0 unspecified atom stereocenters. The molecule has 0 radical (unpaired) electrons. The molecule has 14 heavy (non-hydrogen) atoms. The zero-order valence-corrected chi connectivity index (χ0v) is 6.98. The molecular weight excluding hydrogens is 182 g/mol. The van der Waals surface area contributed by atoms with E-state index < -0.39 is 5.97 Å². The monoisotopic (exact) mass is 187 g/mol. The van der Waals surface area contributed by atoms with Crippen molar-refractivity contribution in [2.24, 2.45) is 0 Å². The minimum absolute atomic E-state index is 0.112. The van der Waals surface area contributed by atoms with Crippen LogP contribution in [0.1, 0.15) is 16.1 Å². The third kappa shape index (κ3) is 1.19. The Balaban J connectivity index is 2.66. The average molecular weight is 187 g/mol. The molecule has 2 heterocycles. The van der Waals surface area contributed by atoms with E-state index in [1.54, 1.807) is 6.07 Å². The van der Waals surface area contributed by atoms with Crippen molar-refractivity contribution in [1.29, 1.82) is 5.26 Å². The summed E-state index contributed by atoms with van der Waals surface area (Å²) in [6.45, 7) is 0. The summed E-state index contributed by atoms with van der Waals surface area (Å²) in [7, 11) is 0. The average Bonchev–Trinajstić information content (AvgIpc) is 2.58. The molecule has 0 aliphatic carbocycles. The Hall–Kier alpha value is -2.35. The molecule has 0 fully saturated rings. The third-order valence-electron chi connectivity index (χ3n) is 1.84. The number of H-pyrrole nitrogens is 1. The number of carbonyl (C=O) groups is 1. The molecule has 68 valence electrons. The van der Waals surface area contributed by atoms with Gasteiger partial charge in [0.15, 0.2) is 0 Å². The zero-order chi connectivity index (χ0) is 10.1. The first-order chi connectivity index (χ1) is 6.70. The van der Waals surface area contributed by atoms with E-state index in [9.17, 15) is 4.79 Å². The van der Waals surface area contributed by atoms with Crippen molar-refractivity contribution in [1.82, 2.24) is 9.97 Å².